The van der Waals surface area contributed by atoms with E-state index in [1.165, 1.54) is 0 Å². The smallest absolute Gasteiger partial charge is 0.166 e. The SMILES string of the molecule is COc1ccc(N2N=C(c3ccc4ccccc4c3O)CC2c2cccc(OC)c2OC)cc1. The van der Waals surface area contributed by atoms with Gasteiger partial charge in [0.15, 0.2) is 11.5 Å². The molecule has 172 valence electrons. The number of para-hydroxylation sites is 1. The number of rotatable bonds is 6. The summed E-state index contributed by atoms with van der Waals surface area (Å²) in [5.74, 6) is 2.35. The number of hydrogen-bond donors (Lipinski definition) is 1. The molecule has 5 rings (SSSR count). The highest BCUT2D eigenvalue weighted by atomic mass is 16.5. The van der Waals surface area contributed by atoms with Crippen LogP contribution in [0.3, 0.4) is 0 Å². The Morgan fingerprint density at radius 1 is 0.824 bits per heavy atom. The molecule has 4 aromatic carbocycles. The number of phenols is 1. The molecule has 1 atom stereocenters. The molecule has 1 heterocycles. The first-order valence-corrected chi connectivity index (χ1v) is 11.1. The molecular formula is C28H26N2O4. The molecule has 0 fully saturated rings. The van der Waals surface area contributed by atoms with E-state index in [9.17, 15) is 5.11 Å². The van der Waals surface area contributed by atoms with Crippen molar-refractivity contribution in [2.24, 2.45) is 5.10 Å². The van der Waals surface area contributed by atoms with Crippen LogP contribution in [0.4, 0.5) is 5.69 Å². The molecule has 6 nitrogen and oxygen atoms in total. The minimum Gasteiger partial charge on any atom is -0.507 e. The van der Waals surface area contributed by atoms with Crippen molar-refractivity contribution in [3.8, 4) is 23.0 Å². The fraction of sp³-hybridized carbons (Fsp3) is 0.179. The Hall–Kier alpha value is -4.19. The average molecular weight is 455 g/mol. The quantitative estimate of drug-likeness (QED) is 0.391. The Labute approximate surface area is 198 Å². The van der Waals surface area contributed by atoms with Gasteiger partial charge in [-0.25, -0.2) is 0 Å². The first-order chi connectivity index (χ1) is 16.6. The first kappa shape index (κ1) is 21.6. The molecule has 1 unspecified atom stereocenters. The molecule has 6 heteroatoms. The fourth-order valence-electron chi connectivity index (χ4n) is 4.55. The predicted octanol–water partition coefficient (Wildman–Crippen LogP) is 5.93. The van der Waals surface area contributed by atoms with Crippen LogP contribution in [0.5, 0.6) is 23.0 Å². The van der Waals surface area contributed by atoms with Crippen molar-refractivity contribution < 1.29 is 19.3 Å². The van der Waals surface area contributed by atoms with Gasteiger partial charge in [-0.15, -0.1) is 0 Å². The molecule has 0 bridgehead atoms. The Kier molecular flexibility index (Phi) is 5.72. The van der Waals surface area contributed by atoms with Gasteiger partial charge in [0.2, 0.25) is 0 Å². The molecule has 0 aliphatic carbocycles. The summed E-state index contributed by atoms with van der Waals surface area (Å²) in [6.45, 7) is 0. The van der Waals surface area contributed by atoms with Gasteiger partial charge in [0.1, 0.15) is 11.5 Å². The number of phenolic OH excluding ortho intramolecular Hbond substituents is 1. The zero-order chi connectivity index (χ0) is 23.7. The number of hydrazone groups is 1. The van der Waals surface area contributed by atoms with Gasteiger partial charge in [0.05, 0.1) is 38.8 Å². The molecule has 0 spiro atoms. The van der Waals surface area contributed by atoms with E-state index in [1.807, 2.05) is 83.9 Å². The first-order valence-electron chi connectivity index (χ1n) is 11.1. The van der Waals surface area contributed by atoms with Crippen LogP contribution in [0.25, 0.3) is 10.8 Å². The van der Waals surface area contributed by atoms with E-state index in [0.717, 1.165) is 39.0 Å². The normalized spacial score (nSPS) is 15.3. The van der Waals surface area contributed by atoms with Crippen molar-refractivity contribution >= 4 is 22.2 Å². The summed E-state index contributed by atoms with van der Waals surface area (Å²) >= 11 is 0. The molecule has 34 heavy (non-hydrogen) atoms. The standard InChI is InChI=1S/C28H26N2O4/c1-32-20-14-12-19(13-15-20)30-25(23-9-6-10-26(33-2)28(23)34-3)17-24(29-30)22-16-11-18-7-4-5-8-21(18)27(22)31/h4-16,25,31H,17H2,1-3H3. The summed E-state index contributed by atoms with van der Waals surface area (Å²) in [5.41, 5.74) is 3.39. The third-order valence-corrected chi connectivity index (χ3v) is 6.25. The van der Waals surface area contributed by atoms with Gasteiger partial charge in [0, 0.05) is 22.9 Å². The van der Waals surface area contributed by atoms with Crippen LogP contribution in [0.15, 0.2) is 84.0 Å². The molecule has 0 radical (unpaired) electrons. The summed E-state index contributed by atoms with van der Waals surface area (Å²) in [6, 6.07) is 25.2. The van der Waals surface area contributed by atoms with Crippen molar-refractivity contribution in [1.29, 1.82) is 0 Å². The number of aromatic hydroxyl groups is 1. The van der Waals surface area contributed by atoms with Crippen molar-refractivity contribution in [3.63, 3.8) is 0 Å². The van der Waals surface area contributed by atoms with Crippen LogP contribution in [-0.2, 0) is 0 Å². The van der Waals surface area contributed by atoms with Crippen LogP contribution in [0, 0.1) is 0 Å². The van der Waals surface area contributed by atoms with Crippen LogP contribution in [0.1, 0.15) is 23.6 Å². The Bertz CT molecular complexity index is 1360. The lowest BCUT2D eigenvalue weighted by Crippen LogP contribution is -2.19. The van der Waals surface area contributed by atoms with Crippen LogP contribution in [0.2, 0.25) is 0 Å². The predicted molar refractivity (Wildman–Crippen MR) is 135 cm³/mol. The summed E-state index contributed by atoms with van der Waals surface area (Å²) in [5, 5.41) is 19.9. The van der Waals surface area contributed by atoms with Crippen LogP contribution < -0.4 is 19.2 Å². The highest BCUT2D eigenvalue weighted by molar-refractivity contribution is 6.09. The highest BCUT2D eigenvalue weighted by Crippen LogP contribution is 2.44. The second-order valence-electron chi connectivity index (χ2n) is 8.07. The maximum atomic E-state index is 11.1. The van der Waals surface area contributed by atoms with Gasteiger partial charge >= 0.3 is 0 Å². The number of hydrogen-bond acceptors (Lipinski definition) is 6. The average Bonchev–Trinajstić information content (AvgIpc) is 3.33. The number of methoxy groups -OCH3 is 3. The Morgan fingerprint density at radius 3 is 2.35 bits per heavy atom. The molecule has 0 saturated carbocycles. The molecule has 4 aromatic rings. The van der Waals surface area contributed by atoms with Crippen molar-refractivity contribution in [2.75, 3.05) is 26.3 Å². The van der Waals surface area contributed by atoms with Crippen molar-refractivity contribution in [1.82, 2.24) is 0 Å². The van der Waals surface area contributed by atoms with Gasteiger partial charge in [-0.05, 0) is 41.8 Å². The van der Waals surface area contributed by atoms with Crippen molar-refractivity contribution in [2.45, 2.75) is 12.5 Å². The summed E-state index contributed by atoms with van der Waals surface area (Å²) in [6.07, 6.45) is 0.585. The third-order valence-electron chi connectivity index (χ3n) is 6.25. The van der Waals surface area contributed by atoms with Crippen molar-refractivity contribution in [3.05, 3.63) is 90.0 Å². The summed E-state index contributed by atoms with van der Waals surface area (Å²) in [4.78, 5) is 0. The van der Waals surface area contributed by atoms with E-state index in [2.05, 4.69) is 0 Å². The zero-order valence-electron chi connectivity index (χ0n) is 19.4. The molecule has 0 saturated heterocycles. The molecule has 0 amide bonds. The summed E-state index contributed by atoms with van der Waals surface area (Å²) in [7, 11) is 4.92. The van der Waals surface area contributed by atoms with Gasteiger partial charge in [0.25, 0.3) is 0 Å². The maximum Gasteiger partial charge on any atom is 0.166 e. The number of nitrogens with zero attached hydrogens (tertiary/aromatic N) is 2. The minimum atomic E-state index is -0.153. The van der Waals surface area contributed by atoms with E-state index in [1.54, 1.807) is 21.3 Å². The fourth-order valence-corrected chi connectivity index (χ4v) is 4.55. The van der Waals surface area contributed by atoms with Gasteiger partial charge in [-0.3, -0.25) is 5.01 Å². The number of fused-ring (bicyclic) bond motifs is 1. The van der Waals surface area contributed by atoms with E-state index in [4.69, 9.17) is 19.3 Å². The Morgan fingerprint density at radius 2 is 1.62 bits per heavy atom. The maximum absolute atomic E-state index is 11.1. The molecule has 0 aromatic heterocycles. The Balaban J connectivity index is 1.64. The van der Waals surface area contributed by atoms with E-state index < -0.39 is 0 Å². The van der Waals surface area contributed by atoms with E-state index >= 15 is 0 Å². The lowest BCUT2D eigenvalue weighted by atomic mass is 9.95. The lowest BCUT2D eigenvalue weighted by molar-refractivity contribution is 0.349. The van der Waals surface area contributed by atoms with Gasteiger partial charge in [-0.1, -0.05) is 42.5 Å². The second-order valence-corrected chi connectivity index (χ2v) is 8.07. The van der Waals surface area contributed by atoms with Gasteiger partial charge in [-0.2, -0.15) is 5.10 Å². The molecule has 1 N–H and O–H groups in total. The zero-order valence-corrected chi connectivity index (χ0v) is 19.4. The van der Waals surface area contributed by atoms with E-state index in [0.29, 0.717) is 17.9 Å². The topological polar surface area (TPSA) is 63.5 Å². The number of ether oxygens (including phenoxy) is 3. The van der Waals surface area contributed by atoms with Gasteiger partial charge < -0.3 is 19.3 Å². The third kappa shape index (κ3) is 3.67. The minimum absolute atomic E-state index is 0.153. The molecule has 1 aliphatic heterocycles. The lowest BCUT2D eigenvalue weighted by Gasteiger charge is -2.26. The number of benzene rings is 4. The highest BCUT2D eigenvalue weighted by Gasteiger charge is 2.34. The molecule has 1 aliphatic rings. The largest absolute Gasteiger partial charge is 0.507 e. The second kappa shape index (κ2) is 8.98. The molecular weight excluding hydrogens is 428 g/mol. The van der Waals surface area contributed by atoms with E-state index in [-0.39, 0.29) is 11.8 Å². The van der Waals surface area contributed by atoms with Crippen LogP contribution >= 0.6 is 0 Å². The summed E-state index contributed by atoms with van der Waals surface area (Å²) < 4.78 is 16.6. The van der Waals surface area contributed by atoms with Crippen LogP contribution in [-0.4, -0.2) is 32.1 Å². The monoisotopic (exact) mass is 454 g/mol. The number of anilines is 1.